The molecule has 0 bridgehead atoms. The molecule has 1 rings (SSSR count). The number of nitrogens with zero attached hydrogens (tertiary/aromatic N) is 2. The highest BCUT2D eigenvalue weighted by molar-refractivity contribution is 7.85. The van der Waals surface area contributed by atoms with Crippen LogP contribution in [0.2, 0.25) is 0 Å². The molecule has 16 heavy (non-hydrogen) atoms. The van der Waals surface area contributed by atoms with Crippen LogP contribution in [0.5, 0.6) is 0 Å². The molecule has 90 valence electrons. The van der Waals surface area contributed by atoms with E-state index in [1.165, 1.54) is 15.3 Å². The van der Waals surface area contributed by atoms with Crippen molar-refractivity contribution in [3.63, 3.8) is 0 Å². The zero-order chi connectivity index (χ0) is 12.2. The predicted octanol–water partition coefficient (Wildman–Crippen LogP) is 0.418. The van der Waals surface area contributed by atoms with E-state index in [4.69, 9.17) is 4.55 Å². The summed E-state index contributed by atoms with van der Waals surface area (Å²) in [6, 6.07) is 0. The van der Waals surface area contributed by atoms with Crippen molar-refractivity contribution in [2.45, 2.75) is 19.4 Å². The van der Waals surface area contributed by atoms with E-state index in [-0.39, 0.29) is 11.4 Å². The van der Waals surface area contributed by atoms with Gasteiger partial charge in [-0.15, -0.1) is 0 Å². The first-order valence-corrected chi connectivity index (χ1v) is 6.40. The Bertz CT molecular complexity index is 512. The van der Waals surface area contributed by atoms with Crippen molar-refractivity contribution in [2.75, 3.05) is 5.75 Å². The molecule has 0 aliphatic heterocycles. The van der Waals surface area contributed by atoms with E-state index >= 15 is 0 Å². The zero-order valence-corrected chi connectivity index (χ0v) is 9.56. The Balaban J connectivity index is 2.47. The van der Waals surface area contributed by atoms with Gasteiger partial charge >= 0.3 is 5.69 Å². The molecule has 0 saturated heterocycles. The third-order valence-electron chi connectivity index (χ3n) is 2.12. The molecule has 0 fully saturated rings. The van der Waals surface area contributed by atoms with Gasteiger partial charge in [-0.25, -0.2) is 4.79 Å². The topological polar surface area (TPSA) is 81.3 Å². The van der Waals surface area contributed by atoms with Crippen LogP contribution in [0.25, 0.3) is 6.20 Å². The van der Waals surface area contributed by atoms with Crippen LogP contribution in [0.15, 0.2) is 23.8 Å². The van der Waals surface area contributed by atoms with Crippen LogP contribution in [0.3, 0.4) is 0 Å². The van der Waals surface area contributed by atoms with Crippen LogP contribution < -0.4 is 5.69 Å². The lowest BCUT2D eigenvalue weighted by atomic mass is 10.3. The number of aryl methyl sites for hydroxylation is 1. The molecule has 1 aromatic rings. The quantitative estimate of drug-likeness (QED) is 0.582. The maximum absolute atomic E-state index is 11.5. The Kier molecular flexibility index (Phi) is 4.08. The average Bonchev–Trinajstić information content (AvgIpc) is 2.53. The minimum absolute atomic E-state index is 0.207. The summed E-state index contributed by atoms with van der Waals surface area (Å²) >= 11 is 0. The molecule has 0 amide bonds. The van der Waals surface area contributed by atoms with Gasteiger partial charge in [-0.05, 0) is 12.8 Å². The number of imidazole rings is 1. The Labute approximate surface area is 93.6 Å². The summed E-state index contributed by atoms with van der Waals surface area (Å²) < 4.78 is 32.2. The second-order valence-electron chi connectivity index (χ2n) is 3.36. The van der Waals surface area contributed by atoms with Gasteiger partial charge in [0, 0.05) is 25.1 Å². The Hall–Kier alpha value is -1.34. The van der Waals surface area contributed by atoms with Gasteiger partial charge < -0.3 is 0 Å². The van der Waals surface area contributed by atoms with Gasteiger partial charge in [-0.1, -0.05) is 6.58 Å². The number of hydrogen-bond acceptors (Lipinski definition) is 3. The SMILES string of the molecule is C=Cn1ccn(CCCCS(=O)(=O)O)c1=O. The lowest BCUT2D eigenvalue weighted by Gasteiger charge is -2.00. The molecule has 6 nitrogen and oxygen atoms in total. The molecule has 1 heterocycles. The van der Waals surface area contributed by atoms with Crippen molar-refractivity contribution >= 4 is 16.3 Å². The predicted molar refractivity (Wildman–Crippen MR) is 60.7 cm³/mol. The minimum Gasteiger partial charge on any atom is -0.299 e. The van der Waals surface area contributed by atoms with Crippen molar-refractivity contribution in [2.24, 2.45) is 0 Å². The highest BCUT2D eigenvalue weighted by atomic mass is 32.2. The maximum Gasteiger partial charge on any atom is 0.332 e. The summed E-state index contributed by atoms with van der Waals surface area (Å²) in [6.45, 7) is 3.90. The van der Waals surface area contributed by atoms with Crippen molar-refractivity contribution in [1.82, 2.24) is 9.13 Å². The molecule has 0 saturated carbocycles. The fraction of sp³-hybridized carbons (Fsp3) is 0.444. The Morgan fingerprint density at radius 1 is 1.38 bits per heavy atom. The van der Waals surface area contributed by atoms with Gasteiger partial charge in [0.05, 0.1) is 5.75 Å². The number of hydrogen-bond donors (Lipinski definition) is 1. The molecule has 1 N–H and O–H groups in total. The number of unbranched alkanes of at least 4 members (excludes halogenated alkanes) is 1. The monoisotopic (exact) mass is 246 g/mol. The highest BCUT2D eigenvalue weighted by Crippen LogP contribution is 1.97. The number of rotatable bonds is 6. The van der Waals surface area contributed by atoms with Crippen molar-refractivity contribution in [3.05, 3.63) is 29.5 Å². The molecule has 0 radical (unpaired) electrons. The van der Waals surface area contributed by atoms with Crippen molar-refractivity contribution < 1.29 is 13.0 Å². The first-order valence-electron chi connectivity index (χ1n) is 4.79. The average molecular weight is 246 g/mol. The minimum atomic E-state index is -3.90. The molecule has 0 aliphatic rings. The maximum atomic E-state index is 11.5. The molecule has 0 aliphatic carbocycles. The first-order chi connectivity index (χ1) is 7.44. The normalized spacial score (nSPS) is 11.6. The van der Waals surface area contributed by atoms with E-state index in [1.807, 2.05) is 0 Å². The van der Waals surface area contributed by atoms with Gasteiger partial charge in [0.15, 0.2) is 0 Å². The standard InChI is InChI=1S/C9H14N2O4S/c1-2-10-6-7-11(9(10)12)5-3-4-8-16(13,14)15/h2,6-7H,1,3-5,8H2,(H,13,14,15). The molecular formula is C9H14N2O4S. The summed E-state index contributed by atoms with van der Waals surface area (Å²) in [7, 11) is -3.90. The summed E-state index contributed by atoms with van der Waals surface area (Å²) in [5.41, 5.74) is -0.207. The molecule has 1 aromatic heterocycles. The van der Waals surface area contributed by atoms with Gasteiger partial charge in [0.2, 0.25) is 0 Å². The summed E-state index contributed by atoms with van der Waals surface area (Å²) in [5, 5.41) is 0. The van der Waals surface area contributed by atoms with Gasteiger partial charge in [-0.3, -0.25) is 13.7 Å². The molecule has 0 aromatic carbocycles. The van der Waals surface area contributed by atoms with E-state index in [0.717, 1.165) is 0 Å². The first kappa shape index (κ1) is 12.7. The largest absolute Gasteiger partial charge is 0.332 e. The molecule has 7 heteroatoms. The van der Waals surface area contributed by atoms with E-state index < -0.39 is 10.1 Å². The van der Waals surface area contributed by atoms with Gasteiger partial charge in [0.1, 0.15) is 0 Å². The van der Waals surface area contributed by atoms with Crippen LogP contribution in [0.4, 0.5) is 0 Å². The second kappa shape index (κ2) is 5.13. The van der Waals surface area contributed by atoms with Crippen LogP contribution >= 0.6 is 0 Å². The third kappa shape index (κ3) is 3.67. The van der Waals surface area contributed by atoms with Crippen LogP contribution in [-0.2, 0) is 16.7 Å². The molecule has 0 atom stereocenters. The highest BCUT2D eigenvalue weighted by Gasteiger charge is 2.04. The van der Waals surface area contributed by atoms with Crippen molar-refractivity contribution in [3.8, 4) is 0 Å². The zero-order valence-electron chi connectivity index (χ0n) is 8.74. The van der Waals surface area contributed by atoms with Crippen molar-refractivity contribution in [1.29, 1.82) is 0 Å². The third-order valence-corrected chi connectivity index (χ3v) is 2.93. The Morgan fingerprint density at radius 3 is 2.56 bits per heavy atom. The molecule has 0 spiro atoms. The fourth-order valence-corrected chi connectivity index (χ4v) is 1.87. The second-order valence-corrected chi connectivity index (χ2v) is 4.93. The van der Waals surface area contributed by atoms with Gasteiger partial charge in [0.25, 0.3) is 10.1 Å². The van der Waals surface area contributed by atoms with E-state index in [2.05, 4.69) is 6.58 Å². The smallest absolute Gasteiger partial charge is 0.299 e. The summed E-state index contributed by atoms with van der Waals surface area (Å²) in [4.78, 5) is 11.5. The van der Waals surface area contributed by atoms with Crippen LogP contribution in [0.1, 0.15) is 12.8 Å². The fourth-order valence-electron chi connectivity index (χ4n) is 1.30. The summed E-state index contributed by atoms with van der Waals surface area (Å²) in [5.74, 6) is -0.274. The van der Waals surface area contributed by atoms with E-state index in [9.17, 15) is 13.2 Å². The van der Waals surface area contributed by atoms with Crippen LogP contribution in [-0.4, -0.2) is 27.9 Å². The molecule has 0 unspecified atom stereocenters. The van der Waals surface area contributed by atoms with Gasteiger partial charge in [-0.2, -0.15) is 8.42 Å². The number of aromatic nitrogens is 2. The molecular weight excluding hydrogens is 232 g/mol. The van der Waals surface area contributed by atoms with E-state index in [0.29, 0.717) is 19.4 Å². The lowest BCUT2D eigenvalue weighted by molar-refractivity contribution is 0.478. The van der Waals surface area contributed by atoms with E-state index in [1.54, 1.807) is 12.4 Å². The Morgan fingerprint density at radius 2 is 2.06 bits per heavy atom. The van der Waals surface area contributed by atoms with Crippen LogP contribution in [0, 0.1) is 0 Å². The summed E-state index contributed by atoms with van der Waals surface area (Å²) in [6.07, 6.45) is 5.43. The lowest BCUT2D eigenvalue weighted by Crippen LogP contribution is -2.21.